The molecule has 0 aliphatic heterocycles. The third kappa shape index (κ3) is 11.6. The highest BCUT2D eigenvalue weighted by Gasteiger charge is 2.44. The first-order chi connectivity index (χ1) is 8.64. The molecule has 0 aromatic carbocycles. The second-order valence-corrected chi connectivity index (χ2v) is 4.82. The van der Waals surface area contributed by atoms with Crippen molar-refractivity contribution >= 4 is 19.8 Å². The Bertz CT molecular complexity index is 318. The zero-order valence-corrected chi connectivity index (χ0v) is 11.7. The molecule has 10 nitrogen and oxygen atoms in total. The number of aldehydes is 1. The molecule has 1 unspecified atom stereocenters. The quantitative estimate of drug-likeness (QED) is 0.233. The average molecular weight is 302 g/mol. The maximum absolute atomic E-state index is 10.7. The third-order valence-corrected chi connectivity index (χ3v) is 2.90. The van der Waals surface area contributed by atoms with Crippen molar-refractivity contribution in [3.05, 3.63) is 4.91 Å². The first-order valence-electron chi connectivity index (χ1n) is 4.79. The molecule has 0 rings (SSSR count). The topological polar surface area (TPSA) is 174 Å². The Morgan fingerprint density at radius 1 is 1.42 bits per heavy atom. The number of aliphatic hydroxyl groups is 2. The van der Waals surface area contributed by atoms with Crippen molar-refractivity contribution < 1.29 is 34.2 Å². The van der Waals surface area contributed by atoms with Crippen molar-refractivity contribution in [3.63, 3.8) is 0 Å². The van der Waals surface area contributed by atoms with Crippen LogP contribution in [0.1, 0.15) is 13.3 Å². The van der Waals surface area contributed by atoms with Crippen LogP contribution >= 0.6 is 7.60 Å². The summed E-state index contributed by atoms with van der Waals surface area (Å²) in [6.45, 7) is 1.02. The van der Waals surface area contributed by atoms with Crippen LogP contribution in [0.15, 0.2) is 5.18 Å². The minimum atomic E-state index is -4.91. The van der Waals surface area contributed by atoms with Gasteiger partial charge in [-0.25, -0.2) is 0 Å². The van der Waals surface area contributed by atoms with Gasteiger partial charge in [0, 0.05) is 27.0 Å². The molecule has 1 atom stereocenters. The van der Waals surface area contributed by atoms with Crippen LogP contribution in [0.3, 0.4) is 0 Å². The second-order valence-electron chi connectivity index (χ2n) is 2.96. The van der Waals surface area contributed by atoms with Gasteiger partial charge in [0.1, 0.15) is 0 Å². The second kappa shape index (κ2) is 11.9. The highest BCUT2D eigenvalue weighted by Crippen LogP contribution is 2.49. The number of nitroso groups, excluding NO2 is 1. The normalized spacial score (nSPS) is 12.6. The predicted molar refractivity (Wildman–Crippen MR) is 66.2 cm³/mol. The van der Waals surface area contributed by atoms with Crippen LogP contribution in [0, 0.1) is 4.91 Å². The van der Waals surface area contributed by atoms with E-state index in [1.165, 1.54) is 14.0 Å². The van der Waals surface area contributed by atoms with Gasteiger partial charge >= 0.3 is 7.60 Å². The third-order valence-electron chi connectivity index (χ3n) is 1.56. The van der Waals surface area contributed by atoms with Gasteiger partial charge < -0.3 is 25.3 Å². The van der Waals surface area contributed by atoms with Crippen molar-refractivity contribution in [1.82, 2.24) is 5.32 Å². The van der Waals surface area contributed by atoms with Crippen LogP contribution in [0.25, 0.3) is 0 Å². The number of amides is 1. The van der Waals surface area contributed by atoms with Crippen LogP contribution in [-0.4, -0.2) is 58.2 Å². The fourth-order valence-electron chi connectivity index (χ4n) is 0.696. The molecule has 5 N–H and O–H groups in total. The van der Waals surface area contributed by atoms with Crippen molar-refractivity contribution in [2.45, 2.75) is 18.7 Å². The molecule has 0 aromatic rings. The number of aliphatic hydroxyl groups excluding tert-OH is 1. The van der Waals surface area contributed by atoms with Gasteiger partial charge in [-0.2, -0.15) is 4.91 Å². The van der Waals surface area contributed by atoms with Crippen LogP contribution < -0.4 is 5.32 Å². The Kier molecular flexibility index (Phi) is 14.3. The molecule has 114 valence electrons. The highest BCUT2D eigenvalue weighted by atomic mass is 31.2. The molecule has 1 amide bonds. The van der Waals surface area contributed by atoms with E-state index >= 15 is 0 Å². The standard InChI is InChI=1S/C6H12NO6P.CH3NO.CH4O/c1-5(9)7-3-2-6(10,4-8)14(11,12)13;1-2-3;1-2/h4,10H,2-3H2,1H3,(H,7,9)(H2,11,12,13);1H3;2H,1H3. The van der Waals surface area contributed by atoms with E-state index in [0.717, 1.165) is 7.11 Å². The van der Waals surface area contributed by atoms with Crippen molar-refractivity contribution in [2.24, 2.45) is 5.18 Å². The van der Waals surface area contributed by atoms with Crippen LogP contribution in [0.4, 0.5) is 0 Å². The first kappa shape index (κ1) is 22.9. The Balaban J connectivity index is -0.000000445. The van der Waals surface area contributed by atoms with E-state index in [1.54, 1.807) is 0 Å². The fourth-order valence-corrected chi connectivity index (χ4v) is 1.24. The van der Waals surface area contributed by atoms with Gasteiger partial charge in [0.05, 0.1) is 7.05 Å². The molecule has 0 spiro atoms. The molecular weight excluding hydrogens is 283 g/mol. The van der Waals surface area contributed by atoms with Gasteiger partial charge in [0.25, 0.3) is 0 Å². The Morgan fingerprint density at radius 3 is 2.00 bits per heavy atom. The summed E-state index contributed by atoms with van der Waals surface area (Å²) < 4.78 is 10.7. The molecule has 11 heteroatoms. The summed E-state index contributed by atoms with van der Waals surface area (Å²) in [4.78, 5) is 46.5. The van der Waals surface area contributed by atoms with Gasteiger partial charge in [0.15, 0.2) is 6.29 Å². The number of rotatable bonds is 5. The summed E-state index contributed by atoms with van der Waals surface area (Å²) in [6.07, 6.45) is -0.740. The number of nitrogens with one attached hydrogen (secondary N) is 1. The molecule has 0 saturated carbocycles. The number of hydrogen-bond donors (Lipinski definition) is 5. The predicted octanol–water partition coefficient (Wildman–Crippen LogP) is -1.43. The highest BCUT2D eigenvalue weighted by molar-refractivity contribution is 7.54. The SMILES string of the molecule is CC(=O)NCCC(O)(C=O)P(=O)(O)O.CN=O.CO. The lowest BCUT2D eigenvalue weighted by Gasteiger charge is -2.22. The molecule has 0 bridgehead atoms. The van der Waals surface area contributed by atoms with E-state index in [-0.39, 0.29) is 12.8 Å². The Morgan fingerprint density at radius 2 is 1.79 bits per heavy atom. The van der Waals surface area contributed by atoms with Crippen LogP contribution in [0.2, 0.25) is 0 Å². The summed E-state index contributed by atoms with van der Waals surface area (Å²) in [5.74, 6) is -0.413. The van der Waals surface area contributed by atoms with Gasteiger partial charge in [-0.1, -0.05) is 5.18 Å². The Labute approximate surface area is 110 Å². The molecule has 0 heterocycles. The molecule has 0 aliphatic rings. The van der Waals surface area contributed by atoms with Crippen molar-refractivity contribution in [1.29, 1.82) is 0 Å². The van der Waals surface area contributed by atoms with E-state index < -0.39 is 25.3 Å². The summed E-state index contributed by atoms with van der Waals surface area (Å²) in [6, 6.07) is 0. The number of carbonyl (C=O) groups is 2. The molecule has 0 radical (unpaired) electrons. The summed E-state index contributed by atoms with van der Waals surface area (Å²) in [7, 11) is -2.72. The summed E-state index contributed by atoms with van der Waals surface area (Å²) >= 11 is 0. The number of carbonyl (C=O) groups excluding carboxylic acids is 2. The van der Waals surface area contributed by atoms with Crippen molar-refractivity contribution in [2.75, 3.05) is 20.7 Å². The smallest absolute Gasteiger partial charge is 0.364 e. The molecule has 0 fully saturated rings. The van der Waals surface area contributed by atoms with Crippen LogP contribution in [0.5, 0.6) is 0 Å². The largest absolute Gasteiger partial charge is 0.400 e. The monoisotopic (exact) mass is 302 g/mol. The first-order valence-corrected chi connectivity index (χ1v) is 6.40. The fraction of sp³-hybridized carbons (Fsp3) is 0.750. The van der Waals surface area contributed by atoms with E-state index in [4.69, 9.17) is 19.8 Å². The van der Waals surface area contributed by atoms with Gasteiger partial charge in [-0.3, -0.25) is 14.2 Å². The lowest BCUT2D eigenvalue weighted by Crippen LogP contribution is -2.35. The molecule has 19 heavy (non-hydrogen) atoms. The maximum atomic E-state index is 10.7. The minimum absolute atomic E-state index is 0.185. The summed E-state index contributed by atoms with van der Waals surface area (Å²) in [5.41, 5.74) is 0. The molecule has 0 aromatic heterocycles. The van der Waals surface area contributed by atoms with Gasteiger partial charge in [-0.05, 0) is 0 Å². The van der Waals surface area contributed by atoms with Gasteiger partial charge in [0.2, 0.25) is 11.2 Å². The maximum Gasteiger partial charge on any atom is 0.364 e. The number of hydrogen-bond acceptors (Lipinski definition) is 7. The summed E-state index contributed by atoms with van der Waals surface area (Å²) in [5, 5.41) is 17.9. The Hall–Kier alpha value is -1.19. The lowest BCUT2D eigenvalue weighted by molar-refractivity contribution is -0.121. The number of nitrogens with zero attached hydrogens (tertiary/aromatic N) is 1. The lowest BCUT2D eigenvalue weighted by atomic mass is 10.2. The van der Waals surface area contributed by atoms with E-state index in [1.807, 2.05) is 0 Å². The van der Waals surface area contributed by atoms with Crippen molar-refractivity contribution in [3.8, 4) is 0 Å². The van der Waals surface area contributed by atoms with E-state index in [9.17, 15) is 19.3 Å². The van der Waals surface area contributed by atoms with E-state index in [0.29, 0.717) is 0 Å². The van der Waals surface area contributed by atoms with Gasteiger partial charge in [-0.15, -0.1) is 0 Å². The van der Waals surface area contributed by atoms with E-state index in [2.05, 4.69) is 10.5 Å². The zero-order chi connectivity index (χ0) is 16.1. The minimum Gasteiger partial charge on any atom is -0.400 e. The molecular formula is C8H19N2O8P. The molecule has 0 saturated heterocycles. The average Bonchev–Trinajstić information content (AvgIpc) is 2.30. The molecule has 0 aliphatic carbocycles. The zero-order valence-electron chi connectivity index (χ0n) is 10.8. The van der Waals surface area contributed by atoms with Crippen LogP contribution in [-0.2, 0) is 14.2 Å².